The van der Waals surface area contributed by atoms with Gasteiger partial charge in [0, 0.05) is 18.1 Å². The molecule has 1 aliphatic heterocycles. The smallest absolute Gasteiger partial charge is 0.221 e. The highest BCUT2D eigenvalue weighted by Gasteiger charge is 2.17. The summed E-state index contributed by atoms with van der Waals surface area (Å²) in [6.45, 7) is 6.60. The zero-order chi connectivity index (χ0) is 17.1. The van der Waals surface area contributed by atoms with Gasteiger partial charge in [0.05, 0.1) is 12.3 Å². The first-order valence-corrected chi connectivity index (χ1v) is 8.38. The van der Waals surface area contributed by atoms with Gasteiger partial charge in [0.2, 0.25) is 5.56 Å². The van der Waals surface area contributed by atoms with E-state index in [0.29, 0.717) is 12.4 Å². The number of aliphatic imine (C=N–C) groups is 1. The molecule has 2 aromatic rings. The second kappa shape index (κ2) is 7.27. The molecule has 0 fully saturated rings. The first-order valence-electron chi connectivity index (χ1n) is 7.87. The van der Waals surface area contributed by atoms with E-state index in [-0.39, 0.29) is 0 Å². The summed E-state index contributed by atoms with van der Waals surface area (Å²) in [4.78, 5) is 9.39. The standard InChI is InChI=1S/C17H21N3O3S/c1-10-7-13(16-18-17(24)23-20-16)8-11(2)15(10)21-6-4-5-14-9-12(3)19-22-14/h7-9,17,24H,4-6H2,1-3H3,(H,18,20). The molecule has 24 heavy (non-hydrogen) atoms. The second-order valence-electron chi connectivity index (χ2n) is 5.85. The predicted molar refractivity (Wildman–Crippen MR) is 94.5 cm³/mol. The van der Waals surface area contributed by atoms with Crippen LogP contribution in [0.4, 0.5) is 0 Å². The molecule has 0 spiro atoms. The van der Waals surface area contributed by atoms with Gasteiger partial charge in [-0.25, -0.2) is 15.3 Å². The second-order valence-corrected chi connectivity index (χ2v) is 6.29. The van der Waals surface area contributed by atoms with Gasteiger partial charge < -0.3 is 9.26 Å². The molecule has 7 heteroatoms. The Balaban J connectivity index is 1.60. The van der Waals surface area contributed by atoms with Crippen LogP contribution in [0, 0.1) is 20.8 Å². The molecule has 1 atom stereocenters. The number of thiol groups is 1. The fourth-order valence-electron chi connectivity index (χ4n) is 2.67. The minimum absolute atomic E-state index is 0.462. The highest BCUT2D eigenvalue weighted by atomic mass is 32.1. The Bertz CT molecular complexity index is 734. The van der Waals surface area contributed by atoms with Gasteiger partial charge in [-0.3, -0.25) is 0 Å². The Kier molecular flexibility index (Phi) is 5.11. The summed E-state index contributed by atoms with van der Waals surface area (Å²) < 4.78 is 11.2. The fourth-order valence-corrected chi connectivity index (χ4v) is 2.84. The maximum absolute atomic E-state index is 5.97. The van der Waals surface area contributed by atoms with Crippen LogP contribution in [0.2, 0.25) is 0 Å². The van der Waals surface area contributed by atoms with E-state index in [1.54, 1.807) is 0 Å². The van der Waals surface area contributed by atoms with Crippen LogP contribution in [0.1, 0.15) is 34.6 Å². The van der Waals surface area contributed by atoms with Crippen LogP contribution in [-0.4, -0.2) is 23.2 Å². The number of aryl methyl sites for hydroxylation is 4. The van der Waals surface area contributed by atoms with Crippen LogP contribution in [0.15, 0.2) is 27.7 Å². The van der Waals surface area contributed by atoms with Crippen molar-refractivity contribution in [1.29, 1.82) is 0 Å². The summed E-state index contributed by atoms with van der Waals surface area (Å²) in [5.74, 6) is 2.49. The maximum atomic E-state index is 5.97. The third kappa shape index (κ3) is 3.91. The lowest BCUT2D eigenvalue weighted by Crippen LogP contribution is -2.18. The van der Waals surface area contributed by atoms with Crippen molar-refractivity contribution in [3.63, 3.8) is 0 Å². The molecular weight excluding hydrogens is 326 g/mol. The average Bonchev–Trinajstić information content (AvgIpc) is 3.14. The Morgan fingerprint density at radius 1 is 1.21 bits per heavy atom. The van der Waals surface area contributed by atoms with Crippen molar-refractivity contribution in [2.24, 2.45) is 4.99 Å². The van der Waals surface area contributed by atoms with Crippen LogP contribution in [-0.2, 0) is 11.3 Å². The van der Waals surface area contributed by atoms with E-state index in [4.69, 9.17) is 14.1 Å². The van der Waals surface area contributed by atoms with E-state index in [9.17, 15) is 0 Å². The molecule has 1 N–H and O–H groups in total. The molecule has 2 heterocycles. The minimum atomic E-state index is -0.462. The average molecular weight is 347 g/mol. The molecule has 0 radical (unpaired) electrons. The highest BCUT2D eigenvalue weighted by Crippen LogP contribution is 2.26. The van der Waals surface area contributed by atoms with Crippen molar-refractivity contribution < 1.29 is 14.1 Å². The van der Waals surface area contributed by atoms with Crippen molar-refractivity contribution in [2.45, 2.75) is 39.2 Å². The molecule has 6 nitrogen and oxygen atoms in total. The molecule has 0 saturated heterocycles. The fraction of sp³-hybridized carbons (Fsp3) is 0.412. The topological polar surface area (TPSA) is 68.9 Å². The molecule has 0 bridgehead atoms. The van der Waals surface area contributed by atoms with Gasteiger partial charge in [-0.05, 0) is 50.5 Å². The first kappa shape index (κ1) is 16.9. The molecule has 0 saturated carbocycles. The molecule has 1 aromatic carbocycles. The Hall–Kier alpha value is -1.99. The lowest BCUT2D eigenvalue weighted by Gasteiger charge is -2.14. The Morgan fingerprint density at radius 2 is 1.96 bits per heavy atom. The highest BCUT2D eigenvalue weighted by molar-refractivity contribution is 7.80. The number of nitrogens with one attached hydrogen (secondary N) is 1. The van der Waals surface area contributed by atoms with E-state index >= 15 is 0 Å². The quantitative estimate of drug-likeness (QED) is 0.621. The van der Waals surface area contributed by atoms with Crippen molar-refractivity contribution >= 4 is 18.5 Å². The van der Waals surface area contributed by atoms with E-state index in [0.717, 1.165) is 46.7 Å². The number of hydrogen-bond acceptors (Lipinski definition) is 7. The number of hydrogen-bond donors (Lipinski definition) is 2. The van der Waals surface area contributed by atoms with Crippen molar-refractivity contribution in [2.75, 3.05) is 6.61 Å². The van der Waals surface area contributed by atoms with Crippen molar-refractivity contribution in [3.8, 4) is 5.75 Å². The Labute approximate surface area is 146 Å². The molecule has 3 rings (SSSR count). The lowest BCUT2D eigenvalue weighted by molar-refractivity contribution is 0.0938. The molecule has 0 aliphatic carbocycles. The molecule has 1 unspecified atom stereocenters. The molecule has 0 amide bonds. The Morgan fingerprint density at radius 3 is 2.54 bits per heavy atom. The van der Waals surface area contributed by atoms with Gasteiger partial charge >= 0.3 is 0 Å². The van der Waals surface area contributed by atoms with Gasteiger partial charge in [-0.2, -0.15) is 0 Å². The number of amidine groups is 1. The molecule has 1 aliphatic rings. The number of rotatable bonds is 6. The SMILES string of the molecule is Cc1cc(CCCOc2c(C)cc(C3=NC(S)ON3)cc2C)on1. The summed E-state index contributed by atoms with van der Waals surface area (Å²) in [6, 6.07) is 6.02. The van der Waals surface area contributed by atoms with Crippen LogP contribution in [0.5, 0.6) is 5.75 Å². The largest absolute Gasteiger partial charge is 0.493 e. The monoisotopic (exact) mass is 347 g/mol. The van der Waals surface area contributed by atoms with Gasteiger partial charge in [0.25, 0.3) is 0 Å². The molecule has 128 valence electrons. The first-order chi connectivity index (χ1) is 11.5. The molecule has 1 aromatic heterocycles. The number of benzene rings is 1. The summed E-state index contributed by atoms with van der Waals surface area (Å²) in [6.07, 6.45) is 1.69. The van der Waals surface area contributed by atoms with E-state index in [2.05, 4.69) is 28.3 Å². The number of hydroxylamine groups is 1. The maximum Gasteiger partial charge on any atom is 0.221 e. The summed E-state index contributed by atoms with van der Waals surface area (Å²) >= 11 is 4.15. The van der Waals surface area contributed by atoms with Crippen LogP contribution in [0.25, 0.3) is 0 Å². The third-order valence-electron chi connectivity index (χ3n) is 3.72. The zero-order valence-electron chi connectivity index (χ0n) is 14.0. The van der Waals surface area contributed by atoms with Crippen LogP contribution < -0.4 is 10.2 Å². The third-order valence-corrected chi connectivity index (χ3v) is 3.95. The van der Waals surface area contributed by atoms with E-state index < -0.39 is 5.56 Å². The van der Waals surface area contributed by atoms with Gasteiger partial charge in [-0.1, -0.05) is 5.16 Å². The van der Waals surface area contributed by atoms with Gasteiger partial charge in [0.15, 0.2) is 5.84 Å². The van der Waals surface area contributed by atoms with Crippen molar-refractivity contribution in [1.82, 2.24) is 10.6 Å². The predicted octanol–water partition coefficient (Wildman–Crippen LogP) is 3.11. The zero-order valence-corrected chi connectivity index (χ0v) is 14.9. The molecular formula is C17H21N3O3S. The van der Waals surface area contributed by atoms with E-state index in [1.807, 2.05) is 39.0 Å². The van der Waals surface area contributed by atoms with Crippen molar-refractivity contribution in [3.05, 3.63) is 46.3 Å². The summed E-state index contributed by atoms with van der Waals surface area (Å²) in [5.41, 5.74) is 6.32. The van der Waals surface area contributed by atoms with Crippen LogP contribution in [0.3, 0.4) is 0 Å². The van der Waals surface area contributed by atoms with Gasteiger partial charge in [-0.15, -0.1) is 12.6 Å². The number of aromatic nitrogens is 1. The minimum Gasteiger partial charge on any atom is -0.493 e. The van der Waals surface area contributed by atoms with Gasteiger partial charge in [0.1, 0.15) is 11.5 Å². The van der Waals surface area contributed by atoms with Crippen LogP contribution >= 0.6 is 12.6 Å². The normalized spacial score (nSPS) is 16.8. The number of ether oxygens (including phenoxy) is 1. The summed E-state index contributed by atoms with van der Waals surface area (Å²) in [5, 5.41) is 3.89. The van der Waals surface area contributed by atoms with E-state index in [1.165, 1.54) is 0 Å². The number of nitrogens with zero attached hydrogens (tertiary/aromatic N) is 2. The summed E-state index contributed by atoms with van der Waals surface area (Å²) in [7, 11) is 0. The lowest BCUT2D eigenvalue weighted by atomic mass is 10.0.